The number of rotatable bonds is 4. The number of aryl methyl sites for hydroxylation is 1. The zero-order chi connectivity index (χ0) is 14.1. The van der Waals surface area contributed by atoms with Crippen molar-refractivity contribution in [2.24, 2.45) is 0 Å². The smallest absolute Gasteiger partial charge is 0.132 e. The lowest BCUT2D eigenvalue weighted by atomic mass is 9.80. The molecule has 0 radical (unpaired) electrons. The van der Waals surface area contributed by atoms with Crippen LogP contribution in [0.1, 0.15) is 35.2 Å². The second kappa shape index (κ2) is 5.46. The van der Waals surface area contributed by atoms with Crippen LogP contribution in [0.15, 0.2) is 17.8 Å². The maximum Gasteiger partial charge on any atom is 0.132 e. The summed E-state index contributed by atoms with van der Waals surface area (Å²) in [6, 6.07) is 2.02. The van der Waals surface area contributed by atoms with Crippen molar-refractivity contribution in [1.29, 1.82) is 0 Å². The maximum atomic E-state index is 9.39. The first-order valence-corrected chi connectivity index (χ1v) is 7.62. The lowest BCUT2D eigenvalue weighted by Gasteiger charge is -2.31. The Morgan fingerprint density at radius 3 is 2.85 bits per heavy atom. The van der Waals surface area contributed by atoms with Gasteiger partial charge >= 0.3 is 0 Å². The molecule has 0 spiro atoms. The zero-order valence-corrected chi connectivity index (χ0v) is 12.5. The Balaban J connectivity index is 1.71. The molecule has 0 aromatic carbocycles. The van der Waals surface area contributed by atoms with Crippen molar-refractivity contribution in [2.75, 3.05) is 11.9 Å². The first kappa shape index (κ1) is 13.5. The van der Waals surface area contributed by atoms with Gasteiger partial charge < -0.3 is 10.0 Å². The summed E-state index contributed by atoms with van der Waals surface area (Å²) in [5.74, 6) is 1.28. The van der Waals surface area contributed by atoms with Crippen LogP contribution in [-0.4, -0.2) is 33.2 Å². The normalized spacial score (nSPS) is 21.6. The molecule has 3 rings (SSSR count). The molecule has 106 valence electrons. The highest BCUT2D eigenvalue weighted by atomic mass is 32.1. The molecular formula is C14H18N4OS. The molecule has 0 bridgehead atoms. The Bertz CT molecular complexity index is 594. The number of aromatic nitrogens is 3. The molecule has 0 amide bonds. The third-order valence-electron chi connectivity index (χ3n) is 3.64. The zero-order valence-electron chi connectivity index (χ0n) is 11.7. The van der Waals surface area contributed by atoms with Gasteiger partial charge in [0.05, 0.1) is 12.6 Å². The van der Waals surface area contributed by atoms with E-state index in [2.05, 4.69) is 25.2 Å². The van der Waals surface area contributed by atoms with E-state index in [0.29, 0.717) is 5.92 Å². The maximum absolute atomic E-state index is 9.39. The molecule has 0 saturated heterocycles. The van der Waals surface area contributed by atoms with E-state index in [0.717, 1.165) is 41.6 Å². The van der Waals surface area contributed by atoms with Crippen molar-refractivity contribution in [3.05, 3.63) is 34.2 Å². The van der Waals surface area contributed by atoms with E-state index in [9.17, 15) is 5.11 Å². The number of anilines is 1. The van der Waals surface area contributed by atoms with Crippen LogP contribution in [0.5, 0.6) is 0 Å². The van der Waals surface area contributed by atoms with Gasteiger partial charge in [-0.3, -0.25) is 0 Å². The second-order valence-electron chi connectivity index (χ2n) is 5.36. The van der Waals surface area contributed by atoms with Gasteiger partial charge in [-0.05, 0) is 19.8 Å². The summed E-state index contributed by atoms with van der Waals surface area (Å²) in [4.78, 5) is 15.2. The molecule has 2 heterocycles. The summed E-state index contributed by atoms with van der Waals surface area (Å²) in [6.07, 6.45) is 3.07. The van der Waals surface area contributed by atoms with Crippen molar-refractivity contribution in [3.63, 3.8) is 0 Å². The number of hydrogen-bond acceptors (Lipinski definition) is 6. The van der Waals surface area contributed by atoms with Crippen LogP contribution in [0.25, 0.3) is 0 Å². The van der Waals surface area contributed by atoms with Crippen molar-refractivity contribution in [2.45, 2.75) is 38.3 Å². The van der Waals surface area contributed by atoms with Gasteiger partial charge in [-0.25, -0.2) is 15.0 Å². The Kier molecular flexibility index (Phi) is 3.67. The molecule has 0 unspecified atom stereocenters. The van der Waals surface area contributed by atoms with Crippen molar-refractivity contribution in [3.8, 4) is 0 Å². The van der Waals surface area contributed by atoms with Gasteiger partial charge in [0.15, 0.2) is 0 Å². The Hall–Kier alpha value is -1.53. The fraction of sp³-hybridized carbons (Fsp3) is 0.500. The van der Waals surface area contributed by atoms with Gasteiger partial charge in [-0.15, -0.1) is 11.3 Å². The Labute approximate surface area is 122 Å². The van der Waals surface area contributed by atoms with E-state index >= 15 is 0 Å². The highest BCUT2D eigenvalue weighted by Gasteiger charge is 2.29. The van der Waals surface area contributed by atoms with Gasteiger partial charge in [-0.1, -0.05) is 0 Å². The highest BCUT2D eigenvalue weighted by Crippen LogP contribution is 2.36. The third-order valence-corrected chi connectivity index (χ3v) is 4.59. The SMILES string of the molecule is Cc1csc(CN(C)c2cc(C3CC(O)C3)ncn2)n1. The summed E-state index contributed by atoms with van der Waals surface area (Å²) >= 11 is 1.67. The molecule has 2 aromatic heterocycles. The largest absolute Gasteiger partial charge is 0.393 e. The monoisotopic (exact) mass is 290 g/mol. The van der Waals surface area contributed by atoms with E-state index in [1.807, 2.05) is 20.0 Å². The van der Waals surface area contributed by atoms with Crippen LogP contribution in [0, 0.1) is 6.92 Å². The van der Waals surface area contributed by atoms with Crippen molar-refractivity contribution < 1.29 is 5.11 Å². The third kappa shape index (κ3) is 2.81. The van der Waals surface area contributed by atoms with Crippen LogP contribution in [-0.2, 0) is 6.54 Å². The minimum absolute atomic E-state index is 0.158. The first-order chi connectivity index (χ1) is 9.61. The summed E-state index contributed by atoms with van der Waals surface area (Å²) in [7, 11) is 2.01. The molecule has 0 aliphatic heterocycles. The number of aliphatic hydroxyl groups excluding tert-OH is 1. The van der Waals surface area contributed by atoms with E-state index < -0.39 is 0 Å². The van der Waals surface area contributed by atoms with E-state index in [1.165, 1.54) is 0 Å². The quantitative estimate of drug-likeness (QED) is 0.934. The molecular weight excluding hydrogens is 272 g/mol. The molecule has 0 atom stereocenters. The molecule has 1 aliphatic rings. The molecule has 6 heteroatoms. The van der Waals surface area contributed by atoms with E-state index in [1.54, 1.807) is 17.7 Å². The molecule has 1 N–H and O–H groups in total. The first-order valence-electron chi connectivity index (χ1n) is 6.74. The molecule has 2 aromatic rings. The predicted molar refractivity (Wildman–Crippen MR) is 79.0 cm³/mol. The van der Waals surface area contributed by atoms with E-state index in [4.69, 9.17) is 0 Å². The number of aliphatic hydroxyl groups is 1. The van der Waals surface area contributed by atoms with Crippen LogP contribution in [0.3, 0.4) is 0 Å². The van der Waals surface area contributed by atoms with Crippen LogP contribution in [0.2, 0.25) is 0 Å². The fourth-order valence-electron chi connectivity index (χ4n) is 2.38. The molecule has 20 heavy (non-hydrogen) atoms. The minimum atomic E-state index is -0.158. The van der Waals surface area contributed by atoms with Gasteiger partial charge in [0.1, 0.15) is 17.2 Å². The van der Waals surface area contributed by atoms with Crippen LogP contribution in [0.4, 0.5) is 5.82 Å². The van der Waals surface area contributed by atoms with Gasteiger partial charge in [0.2, 0.25) is 0 Å². The number of hydrogen-bond donors (Lipinski definition) is 1. The standard InChI is InChI=1S/C14H18N4OS/c1-9-7-20-14(17-9)6-18(2)13-5-12(15-8-16-13)10-3-11(19)4-10/h5,7-8,10-11,19H,3-4,6H2,1-2H3. The fourth-order valence-corrected chi connectivity index (χ4v) is 3.21. The summed E-state index contributed by atoms with van der Waals surface area (Å²) < 4.78 is 0. The number of thiazole rings is 1. The lowest BCUT2D eigenvalue weighted by Crippen LogP contribution is -2.27. The molecule has 5 nitrogen and oxygen atoms in total. The summed E-state index contributed by atoms with van der Waals surface area (Å²) in [5, 5.41) is 12.5. The highest BCUT2D eigenvalue weighted by molar-refractivity contribution is 7.09. The topological polar surface area (TPSA) is 62.1 Å². The van der Waals surface area contributed by atoms with Gasteiger partial charge in [0, 0.05) is 35.8 Å². The summed E-state index contributed by atoms with van der Waals surface area (Å²) in [6.45, 7) is 2.76. The minimum Gasteiger partial charge on any atom is -0.393 e. The molecule has 1 saturated carbocycles. The van der Waals surface area contributed by atoms with Crippen LogP contribution >= 0.6 is 11.3 Å². The molecule has 1 aliphatic carbocycles. The Morgan fingerprint density at radius 1 is 1.40 bits per heavy atom. The van der Waals surface area contributed by atoms with E-state index in [-0.39, 0.29) is 6.10 Å². The van der Waals surface area contributed by atoms with Gasteiger partial charge in [-0.2, -0.15) is 0 Å². The average molecular weight is 290 g/mol. The molecule has 1 fully saturated rings. The summed E-state index contributed by atoms with van der Waals surface area (Å²) in [5.41, 5.74) is 2.09. The average Bonchev–Trinajstić information content (AvgIpc) is 2.80. The van der Waals surface area contributed by atoms with Gasteiger partial charge in [0.25, 0.3) is 0 Å². The lowest BCUT2D eigenvalue weighted by molar-refractivity contribution is 0.0732. The second-order valence-corrected chi connectivity index (χ2v) is 6.30. The van der Waals surface area contributed by atoms with Crippen LogP contribution < -0.4 is 4.90 Å². The predicted octanol–water partition coefficient (Wildman–Crippen LogP) is 2.12. The van der Waals surface area contributed by atoms with Crippen molar-refractivity contribution in [1.82, 2.24) is 15.0 Å². The number of nitrogens with zero attached hydrogens (tertiary/aromatic N) is 4. The Morgan fingerprint density at radius 2 is 2.20 bits per heavy atom. The van der Waals surface area contributed by atoms with Crippen molar-refractivity contribution >= 4 is 17.2 Å².